The maximum Gasteiger partial charge on any atom is 0.210 e. The highest BCUT2D eigenvalue weighted by atomic mass is 28.4. The Morgan fingerprint density at radius 2 is 1.71 bits per heavy atom. The molecular formula is C15H30OSi. The molecule has 17 heavy (non-hydrogen) atoms. The van der Waals surface area contributed by atoms with Crippen molar-refractivity contribution < 1.29 is 4.80 Å². The zero-order valence-electron chi connectivity index (χ0n) is 12.0. The number of hydrogen-bond acceptors (Lipinski definition) is 1. The summed E-state index contributed by atoms with van der Waals surface area (Å²) in [5, 5.41) is 1.24. The van der Waals surface area contributed by atoms with Crippen LogP contribution >= 0.6 is 0 Å². The first-order valence-electron chi connectivity index (χ1n) is 7.05. The van der Waals surface area contributed by atoms with E-state index in [0.29, 0.717) is 0 Å². The Morgan fingerprint density at radius 1 is 1.12 bits per heavy atom. The van der Waals surface area contributed by atoms with Crippen LogP contribution in [0.1, 0.15) is 58.3 Å². The fourth-order valence-corrected chi connectivity index (χ4v) is 3.23. The van der Waals surface area contributed by atoms with E-state index in [-0.39, 0.29) is 0 Å². The van der Waals surface area contributed by atoms with Crippen LogP contribution < -0.4 is 0 Å². The lowest BCUT2D eigenvalue weighted by Gasteiger charge is -2.17. The standard InChI is InChI=1S/C15H30OSi/c1-5-7-8-9-10-11-12-14-15(13-6-2)17(3,4)16/h6,14,16H,2,5,7-13H2,1,3-4H3/b15-14+. The van der Waals surface area contributed by atoms with Crippen molar-refractivity contribution in [2.24, 2.45) is 0 Å². The number of rotatable bonds is 10. The Bertz CT molecular complexity index is 226. The molecule has 1 N–H and O–H groups in total. The fourth-order valence-electron chi connectivity index (χ4n) is 1.94. The molecule has 0 aliphatic rings. The third-order valence-corrected chi connectivity index (χ3v) is 5.08. The lowest BCUT2D eigenvalue weighted by molar-refractivity contribution is 0.559. The molecule has 0 saturated heterocycles. The summed E-state index contributed by atoms with van der Waals surface area (Å²) in [6.45, 7) is 9.99. The van der Waals surface area contributed by atoms with E-state index in [2.05, 4.69) is 19.6 Å². The molecule has 0 aromatic rings. The molecular weight excluding hydrogens is 224 g/mol. The predicted octanol–water partition coefficient (Wildman–Crippen LogP) is 4.98. The third kappa shape index (κ3) is 9.37. The van der Waals surface area contributed by atoms with Gasteiger partial charge in [0.15, 0.2) is 0 Å². The Morgan fingerprint density at radius 3 is 2.24 bits per heavy atom. The Balaban J connectivity index is 3.82. The maximum absolute atomic E-state index is 10.1. The molecule has 0 amide bonds. The summed E-state index contributed by atoms with van der Waals surface area (Å²) in [6, 6.07) is 0. The molecule has 0 rings (SSSR count). The van der Waals surface area contributed by atoms with Gasteiger partial charge in [-0.2, -0.15) is 0 Å². The molecule has 2 heteroatoms. The van der Waals surface area contributed by atoms with E-state index in [1.54, 1.807) is 0 Å². The highest BCUT2D eigenvalue weighted by Gasteiger charge is 2.21. The molecule has 100 valence electrons. The first kappa shape index (κ1) is 16.7. The monoisotopic (exact) mass is 254 g/mol. The minimum Gasteiger partial charge on any atom is -0.428 e. The summed E-state index contributed by atoms with van der Waals surface area (Å²) < 4.78 is 0. The molecule has 0 unspecified atom stereocenters. The van der Waals surface area contributed by atoms with Crippen molar-refractivity contribution in [3.8, 4) is 0 Å². The van der Waals surface area contributed by atoms with Gasteiger partial charge in [-0.05, 0) is 32.4 Å². The zero-order valence-corrected chi connectivity index (χ0v) is 13.0. The van der Waals surface area contributed by atoms with Crippen molar-refractivity contribution in [2.75, 3.05) is 0 Å². The van der Waals surface area contributed by atoms with E-state index >= 15 is 0 Å². The molecule has 0 heterocycles. The molecule has 0 fully saturated rings. The van der Waals surface area contributed by atoms with Crippen molar-refractivity contribution in [2.45, 2.75) is 71.4 Å². The second-order valence-electron chi connectivity index (χ2n) is 5.34. The van der Waals surface area contributed by atoms with Crippen molar-refractivity contribution >= 4 is 8.32 Å². The van der Waals surface area contributed by atoms with Crippen LogP contribution in [0.4, 0.5) is 0 Å². The second-order valence-corrected chi connectivity index (χ2v) is 9.10. The highest BCUT2D eigenvalue weighted by molar-refractivity contribution is 6.77. The van der Waals surface area contributed by atoms with Gasteiger partial charge in [-0.1, -0.05) is 56.4 Å². The van der Waals surface area contributed by atoms with Gasteiger partial charge in [0.25, 0.3) is 0 Å². The predicted molar refractivity (Wildman–Crippen MR) is 80.6 cm³/mol. The van der Waals surface area contributed by atoms with Crippen molar-refractivity contribution in [3.63, 3.8) is 0 Å². The molecule has 1 nitrogen and oxygen atoms in total. The lowest BCUT2D eigenvalue weighted by Crippen LogP contribution is -2.28. The van der Waals surface area contributed by atoms with Gasteiger partial charge in [0.05, 0.1) is 0 Å². The van der Waals surface area contributed by atoms with Crippen LogP contribution in [-0.4, -0.2) is 13.1 Å². The van der Waals surface area contributed by atoms with Gasteiger partial charge in [0, 0.05) is 0 Å². The van der Waals surface area contributed by atoms with Crippen LogP contribution in [-0.2, 0) is 0 Å². The molecule has 0 aromatic heterocycles. The number of hydrogen-bond donors (Lipinski definition) is 1. The van der Waals surface area contributed by atoms with Crippen LogP contribution in [0.5, 0.6) is 0 Å². The van der Waals surface area contributed by atoms with Gasteiger partial charge in [-0.25, -0.2) is 0 Å². The molecule has 0 aliphatic heterocycles. The topological polar surface area (TPSA) is 20.2 Å². The smallest absolute Gasteiger partial charge is 0.210 e. The highest BCUT2D eigenvalue weighted by Crippen LogP contribution is 2.18. The Hall–Kier alpha value is -0.343. The number of unbranched alkanes of at least 4 members (excludes halogenated alkanes) is 6. The van der Waals surface area contributed by atoms with Crippen molar-refractivity contribution in [1.29, 1.82) is 0 Å². The van der Waals surface area contributed by atoms with Gasteiger partial charge < -0.3 is 4.80 Å². The van der Waals surface area contributed by atoms with Gasteiger partial charge in [-0.15, -0.1) is 6.58 Å². The fraction of sp³-hybridized carbons (Fsp3) is 0.733. The maximum atomic E-state index is 10.1. The summed E-state index contributed by atoms with van der Waals surface area (Å²) in [7, 11) is -2.10. The van der Waals surface area contributed by atoms with Gasteiger partial charge >= 0.3 is 0 Å². The van der Waals surface area contributed by atoms with Crippen molar-refractivity contribution in [3.05, 3.63) is 23.9 Å². The molecule has 0 aromatic carbocycles. The lowest BCUT2D eigenvalue weighted by atomic mass is 10.1. The van der Waals surface area contributed by atoms with Crippen LogP contribution in [0.15, 0.2) is 23.9 Å². The molecule has 0 spiro atoms. The Kier molecular flexibility index (Phi) is 9.47. The molecule has 0 atom stereocenters. The van der Waals surface area contributed by atoms with Gasteiger partial charge in [-0.3, -0.25) is 0 Å². The second kappa shape index (κ2) is 9.66. The third-order valence-electron chi connectivity index (χ3n) is 3.10. The Labute approximate surface area is 109 Å². The molecule has 0 radical (unpaired) electrons. The largest absolute Gasteiger partial charge is 0.428 e. The molecule has 0 bridgehead atoms. The van der Waals surface area contributed by atoms with E-state index in [1.165, 1.54) is 43.7 Å². The molecule has 0 aliphatic carbocycles. The normalized spacial score (nSPS) is 12.8. The van der Waals surface area contributed by atoms with E-state index in [9.17, 15) is 4.80 Å². The minimum absolute atomic E-state index is 0.853. The SMILES string of the molecule is C=CC/C(=C\CCCCCCCC)[Si](C)(C)O. The van der Waals surface area contributed by atoms with E-state index in [0.717, 1.165) is 12.8 Å². The van der Waals surface area contributed by atoms with Crippen molar-refractivity contribution in [1.82, 2.24) is 0 Å². The quantitative estimate of drug-likeness (QED) is 0.331. The summed E-state index contributed by atoms with van der Waals surface area (Å²) >= 11 is 0. The summed E-state index contributed by atoms with van der Waals surface area (Å²) in [4.78, 5) is 10.1. The molecule has 0 saturated carbocycles. The summed E-state index contributed by atoms with van der Waals surface area (Å²) in [5.41, 5.74) is 0. The van der Waals surface area contributed by atoms with E-state index in [1.807, 2.05) is 19.2 Å². The van der Waals surface area contributed by atoms with E-state index < -0.39 is 8.32 Å². The first-order valence-corrected chi connectivity index (χ1v) is 9.99. The summed E-state index contributed by atoms with van der Waals surface area (Å²) in [6.07, 6.45) is 14.1. The minimum atomic E-state index is -2.10. The van der Waals surface area contributed by atoms with Crippen LogP contribution in [0.2, 0.25) is 13.1 Å². The number of allylic oxidation sites excluding steroid dienone is 3. The average Bonchev–Trinajstić information content (AvgIpc) is 2.25. The van der Waals surface area contributed by atoms with Gasteiger partial charge in [0.1, 0.15) is 0 Å². The first-order chi connectivity index (χ1) is 8.02. The van der Waals surface area contributed by atoms with Gasteiger partial charge in [0.2, 0.25) is 8.32 Å². The van der Waals surface area contributed by atoms with E-state index in [4.69, 9.17) is 0 Å². The average molecular weight is 254 g/mol. The van der Waals surface area contributed by atoms with Crippen LogP contribution in [0, 0.1) is 0 Å². The zero-order chi connectivity index (χ0) is 13.1. The summed E-state index contributed by atoms with van der Waals surface area (Å²) in [5.74, 6) is 0. The van der Waals surface area contributed by atoms with Crippen LogP contribution in [0.3, 0.4) is 0 Å². The van der Waals surface area contributed by atoms with Crippen LogP contribution in [0.25, 0.3) is 0 Å².